The van der Waals surface area contributed by atoms with Gasteiger partial charge >= 0.3 is 0 Å². The Morgan fingerprint density at radius 2 is 1.89 bits per heavy atom. The predicted octanol–water partition coefficient (Wildman–Crippen LogP) is -0.659. The molecule has 0 bridgehead atoms. The summed E-state index contributed by atoms with van der Waals surface area (Å²) in [5.41, 5.74) is 0. The molecule has 0 aliphatic heterocycles. The zero-order valence-corrected chi connectivity index (χ0v) is 10.8. The van der Waals surface area contributed by atoms with Gasteiger partial charge in [0, 0.05) is 65.4 Å². The van der Waals surface area contributed by atoms with Crippen molar-refractivity contribution in [1.82, 2.24) is 4.90 Å². The van der Waals surface area contributed by atoms with E-state index in [2.05, 4.69) is 6.92 Å². The predicted molar refractivity (Wildman–Crippen MR) is 23.8 cm³/mol. The third-order valence-corrected chi connectivity index (χ3v) is 0.511. The Morgan fingerprint density at radius 1 is 1.56 bits per heavy atom. The topological polar surface area (TPSA) is 37.4 Å². The van der Waals surface area contributed by atoms with Crippen molar-refractivity contribution in [3.05, 3.63) is 6.92 Å². The molecule has 0 aromatic rings. The second-order valence-electron chi connectivity index (χ2n) is 1.04. The van der Waals surface area contributed by atoms with Gasteiger partial charge in [0.2, 0.25) is 0 Å². The van der Waals surface area contributed by atoms with Crippen LogP contribution in [0.15, 0.2) is 0 Å². The molecule has 0 atom stereocenters. The minimum absolute atomic E-state index is 0. The zero-order chi connectivity index (χ0) is 5.86. The summed E-state index contributed by atoms with van der Waals surface area (Å²) >= 11 is 0. The standard InChI is InChI=1S/C4H5NO2.2Y/c1-4(7)5(2)3-6;;/h1H2,2H3;;/q-2;;. The van der Waals surface area contributed by atoms with E-state index >= 15 is 0 Å². The Labute approximate surface area is 105 Å². The number of rotatable bonds is 1. The first kappa shape index (κ1) is 16.7. The van der Waals surface area contributed by atoms with Crippen molar-refractivity contribution >= 4 is 12.3 Å². The molecular weight excluding hydrogens is 272 g/mol. The number of imide groups is 1. The van der Waals surface area contributed by atoms with Crippen molar-refractivity contribution < 1.29 is 75.0 Å². The van der Waals surface area contributed by atoms with E-state index in [0.29, 0.717) is 0 Å². The maximum Gasteiger partial charge on any atom is 0.0719 e. The summed E-state index contributed by atoms with van der Waals surface area (Å²) in [4.78, 5) is 20.1. The van der Waals surface area contributed by atoms with Crippen LogP contribution in [0.2, 0.25) is 0 Å². The molecular formula is C4H5NO2Y2-2. The molecule has 0 aromatic carbocycles. The fraction of sp³-hybridized carbons (Fsp3) is 0.250. The number of hydrogen-bond donors (Lipinski definition) is 0. The second-order valence-corrected chi connectivity index (χ2v) is 1.04. The van der Waals surface area contributed by atoms with Gasteiger partial charge in [-0.3, -0.25) is 0 Å². The van der Waals surface area contributed by atoms with Crippen molar-refractivity contribution in [2.24, 2.45) is 0 Å². The summed E-state index contributed by atoms with van der Waals surface area (Å²) in [5.74, 6) is -0.546. The van der Waals surface area contributed by atoms with Gasteiger partial charge in [-0.1, -0.05) is 5.91 Å². The smallest absolute Gasteiger partial charge is 0.0719 e. The molecule has 0 fully saturated rings. The van der Waals surface area contributed by atoms with Gasteiger partial charge in [-0.2, -0.15) is 0 Å². The maximum absolute atomic E-state index is 9.93. The SMILES string of the molecule is [CH2-]C(=O)N(C)[C-]=O.[Y].[Y]. The van der Waals surface area contributed by atoms with Gasteiger partial charge < -0.3 is 21.4 Å². The van der Waals surface area contributed by atoms with Crippen LogP contribution in [-0.4, -0.2) is 24.3 Å². The molecule has 2 radical (unpaired) electrons. The first-order valence-corrected chi connectivity index (χ1v) is 1.66. The van der Waals surface area contributed by atoms with Crippen molar-refractivity contribution in [1.29, 1.82) is 0 Å². The average Bonchev–Trinajstić information content (AvgIpc) is 1.65. The van der Waals surface area contributed by atoms with E-state index in [9.17, 15) is 9.59 Å². The number of carbonyl (C=O) groups excluding carboxylic acids is 2. The third-order valence-electron chi connectivity index (χ3n) is 0.511. The van der Waals surface area contributed by atoms with Gasteiger partial charge in [0.05, 0.1) is 6.41 Å². The van der Waals surface area contributed by atoms with E-state index in [-0.39, 0.29) is 65.4 Å². The average molecular weight is 277 g/mol. The third kappa shape index (κ3) is 9.22. The van der Waals surface area contributed by atoms with E-state index in [1.54, 1.807) is 0 Å². The summed E-state index contributed by atoms with van der Waals surface area (Å²) in [5, 5.41) is 0. The van der Waals surface area contributed by atoms with Crippen LogP contribution >= 0.6 is 0 Å². The number of carbonyl (C=O) groups is 1. The molecule has 46 valence electrons. The minimum atomic E-state index is -0.546. The van der Waals surface area contributed by atoms with Crippen molar-refractivity contribution in [3.63, 3.8) is 0 Å². The summed E-state index contributed by atoms with van der Waals surface area (Å²) in [6.45, 7) is 2.93. The molecule has 0 aliphatic carbocycles. The van der Waals surface area contributed by atoms with Crippen LogP contribution in [0.3, 0.4) is 0 Å². The minimum Gasteiger partial charge on any atom is -0.476 e. The van der Waals surface area contributed by atoms with Crippen LogP contribution < -0.4 is 0 Å². The summed E-state index contributed by atoms with van der Waals surface area (Å²) in [7, 11) is 1.29. The van der Waals surface area contributed by atoms with Crippen LogP contribution in [0.1, 0.15) is 0 Å². The van der Waals surface area contributed by atoms with Crippen molar-refractivity contribution in [2.45, 2.75) is 0 Å². The number of hydrogen-bond acceptors (Lipinski definition) is 2. The fourth-order valence-electron chi connectivity index (χ4n) is 0.0509. The Hall–Kier alpha value is 1.22. The first-order chi connectivity index (χ1) is 3.18. The molecule has 0 unspecified atom stereocenters. The van der Waals surface area contributed by atoms with Gasteiger partial charge in [0.25, 0.3) is 0 Å². The molecule has 5 heteroatoms. The van der Waals surface area contributed by atoms with E-state index < -0.39 is 5.91 Å². The molecule has 0 aromatic heterocycles. The van der Waals surface area contributed by atoms with Gasteiger partial charge in [-0.15, -0.1) is 0 Å². The largest absolute Gasteiger partial charge is 0.476 e. The molecule has 9 heavy (non-hydrogen) atoms. The van der Waals surface area contributed by atoms with Crippen LogP contribution in [-0.2, 0) is 75.0 Å². The fourth-order valence-corrected chi connectivity index (χ4v) is 0.0509. The Morgan fingerprint density at radius 3 is 1.89 bits per heavy atom. The molecule has 0 N–H and O–H groups in total. The maximum atomic E-state index is 9.93. The number of amides is 2. The molecule has 0 rings (SSSR count). The van der Waals surface area contributed by atoms with E-state index in [0.717, 1.165) is 4.90 Å². The quantitative estimate of drug-likeness (QED) is 0.471. The molecule has 0 saturated heterocycles. The van der Waals surface area contributed by atoms with Gasteiger partial charge in [-0.05, 0) is 7.05 Å². The van der Waals surface area contributed by atoms with E-state index in [4.69, 9.17) is 0 Å². The van der Waals surface area contributed by atoms with E-state index in [1.807, 2.05) is 0 Å². The normalized spacial score (nSPS) is 5.89. The molecule has 3 nitrogen and oxygen atoms in total. The van der Waals surface area contributed by atoms with E-state index in [1.165, 1.54) is 13.5 Å². The zero-order valence-electron chi connectivity index (χ0n) is 5.13. The van der Waals surface area contributed by atoms with Crippen LogP contribution in [0.25, 0.3) is 0 Å². The number of nitrogens with zero attached hydrogens (tertiary/aromatic N) is 1. The first-order valence-electron chi connectivity index (χ1n) is 1.66. The van der Waals surface area contributed by atoms with Crippen LogP contribution in [0, 0.1) is 6.92 Å². The second kappa shape index (κ2) is 9.22. The molecule has 0 heterocycles. The van der Waals surface area contributed by atoms with Gasteiger partial charge in [0.1, 0.15) is 0 Å². The van der Waals surface area contributed by atoms with Crippen molar-refractivity contribution in [3.8, 4) is 0 Å². The Bertz CT molecular complexity index is 96.6. The Kier molecular flexibility index (Phi) is 17.1. The van der Waals surface area contributed by atoms with Gasteiger partial charge in [-0.25, -0.2) is 0 Å². The van der Waals surface area contributed by atoms with Gasteiger partial charge in [0.15, 0.2) is 0 Å². The van der Waals surface area contributed by atoms with Crippen LogP contribution in [0.4, 0.5) is 0 Å². The molecule has 0 aliphatic rings. The summed E-state index contributed by atoms with van der Waals surface area (Å²) in [6.07, 6.45) is 1.34. The Balaban J connectivity index is -0.000000180. The van der Waals surface area contributed by atoms with Crippen molar-refractivity contribution in [2.75, 3.05) is 7.05 Å². The monoisotopic (exact) mass is 277 g/mol. The molecule has 0 spiro atoms. The summed E-state index contributed by atoms with van der Waals surface area (Å²) < 4.78 is 0. The molecule has 2 amide bonds. The summed E-state index contributed by atoms with van der Waals surface area (Å²) in [6, 6.07) is 0. The van der Waals surface area contributed by atoms with Crippen LogP contribution in [0.5, 0.6) is 0 Å². The molecule has 0 saturated carbocycles.